The standard InChI is InChI=1S/C28H33ClN2OS/c29-28-24-7-1-2-8-26(24)33-27(28)20-31-16-13-21(6-5-17-32)18-25(31)23-11-9-22(10-12-23)19-30-14-3-4-15-30/h1-2,7-12,18,25,32H,3-6,13-17,19-20H2. The Morgan fingerprint density at radius 3 is 2.52 bits per heavy atom. The Morgan fingerprint density at radius 1 is 0.970 bits per heavy atom. The van der Waals surface area contributed by atoms with E-state index in [0.717, 1.165) is 49.3 Å². The number of thiophene rings is 1. The number of hydrogen-bond acceptors (Lipinski definition) is 4. The molecule has 0 saturated carbocycles. The first-order chi connectivity index (χ1) is 16.2. The predicted octanol–water partition coefficient (Wildman–Crippen LogP) is 6.80. The van der Waals surface area contributed by atoms with Gasteiger partial charge in [0.05, 0.1) is 11.1 Å². The fourth-order valence-electron chi connectivity index (χ4n) is 5.21. The molecule has 0 aliphatic carbocycles. The van der Waals surface area contributed by atoms with Crippen molar-refractivity contribution in [1.82, 2.24) is 9.80 Å². The molecule has 174 valence electrons. The van der Waals surface area contributed by atoms with Crippen molar-refractivity contribution in [3.8, 4) is 0 Å². The maximum Gasteiger partial charge on any atom is 0.0637 e. The molecule has 1 aromatic heterocycles. The zero-order valence-electron chi connectivity index (χ0n) is 19.2. The molecule has 2 aliphatic heterocycles. The van der Waals surface area contributed by atoms with Crippen molar-refractivity contribution in [2.75, 3.05) is 26.2 Å². The number of hydrogen-bond donors (Lipinski definition) is 1. The van der Waals surface area contributed by atoms with Crippen LogP contribution in [0.2, 0.25) is 5.02 Å². The van der Waals surface area contributed by atoms with Gasteiger partial charge in [-0.3, -0.25) is 9.80 Å². The minimum atomic E-state index is 0.245. The lowest BCUT2D eigenvalue weighted by Gasteiger charge is -2.35. The van der Waals surface area contributed by atoms with E-state index >= 15 is 0 Å². The number of halogens is 1. The number of aliphatic hydroxyl groups excluding tert-OH is 1. The topological polar surface area (TPSA) is 26.7 Å². The molecular weight excluding hydrogens is 448 g/mol. The first-order valence-electron chi connectivity index (χ1n) is 12.2. The van der Waals surface area contributed by atoms with Crippen molar-refractivity contribution in [3.05, 3.63) is 81.2 Å². The Kier molecular flexibility index (Phi) is 7.49. The Hall–Kier alpha value is -1.69. The third-order valence-electron chi connectivity index (χ3n) is 7.04. The molecule has 0 spiro atoms. The third kappa shape index (κ3) is 5.36. The van der Waals surface area contributed by atoms with Crippen LogP contribution in [0.1, 0.15) is 54.1 Å². The summed E-state index contributed by atoms with van der Waals surface area (Å²) < 4.78 is 1.26. The Bertz CT molecular complexity index is 1100. The average Bonchev–Trinajstić information content (AvgIpc) is 3.47. The lowest BCUT2D eigenvalue weighted by molar-refractivity contribution is 0.211. The Balaban J connectivity index is 1.39. The number of benzene rings is 2. The maximum absolute atomic E-state index is 9.32. The molecule has 0 bridgehead atoms. The average molecular weight is 481 g/mol. The van der Waals surface area contributed by atoms with Gasteiger partial charge in [0.2, 0.25) is 0 Å². The molecule has 1 N–H and O–H groups in total. The van der Waals surface area contributed by atoms with Crippen LogP contribution in [0.25, 0.3) is 10.1 Å². The number of likely N-dealkylation sites (tertiary alicyclic amines) is 1. The van der Waals surface area contributed by atoms with Crippen LogP contribution in [0.15, 0.2) is 60.2 Å². The predicted molar refractivity (Wildman–Crippen MR) is 140 cm³/mol. The van der Waals surface area contributed by atoms with Gasteiger partial charge in [0.1, 0.15) is 0 Å². The highest BCUT2D eigenvalue weighted by molar-refractivity contribution is 7.19. The smallest absolute Gasteiger partial charge is 0.0637 e. The van der Waals surface area contributed by atoms with Crippen LogP contribution in [-0.2, 0) is 13.1 Å². The first kappa shape index (κ1) is 23.1. The summed E-state index contributed by atoms with van der Waals surface area (Å²) >= 11 is 8.62. The summed E-state index contributed by atoms with van der Waals surface area (Å²) in [6, 6.07) is 17.9. The largest absolute Gasteiger partial charge is 0.396 e. The Morgan fingerprint density at radius 2 is 1.76 bits per heavy atom. The quantitative estimate of drug-likeness (QED) is 0.359. The van der Waals surface area contributed by atoms with E-state index < -0.39 is 0 Å². The molecule has 3 nitrogen and oxygen atoms in total. The maximum atomic E-state index is 9.32. The van der Waals surface area contributed by atoms with Gasteiger partial charge in [-0.05, 0) is 62.4 Å². The number of aliphatic hydroxyl groups is 1. The zero-order chi connectivity index (χ0) is 22.6. The molecule has 5 heteroatoms. The van der Waals surface area contributed by atoms with Gasteiger partial charge in [0, 0.05) is 41.2 Å². The molecule has 0 radical (unpaired) electrons. The van der Waals surface area contributed by atoms with E-state index in [1.807, 2.05) is 11.3 Å². The van der Waals surface area contributed by atoms with Gasteiger partial charge in [-0.1, -0.05) is 65.7 Å². The van der Waals surface area contributed by atoms with Gasteiger partial charge in [0.15, 0.2) is 0 Å². The molecule has 3 heterocycles. The van der Waals surface area contributed by atoms with Crippen LogP contribution in [-0.4, -0.2) is 41.1 Å². The van der Waals surface area contributed by atoms with E-state index in [1.165, 1.54) is 52.2 Å². The highest BCUT2D eigenvalue weighted by atomic mass is 35.5. The van der Waals surface area contributed by atoms with Gasteiger partial charge in [-0.25, -0.2) is 0 Å². The number of fused-ring (bicyclic) bond motifs is 1. The molecule has 2 aromatic carbocycles. The summed E-state index contributed by atoms with van der Waals surface area (Å²) in [5.41, 5.74) is 4.22. The molecule has 1 atom stereocenters. The lowest BCUT2D eigenvalue weighted by atomic mass is 9.93. The zero-order valence-corrected chi connectivity index (χ0v) is 20.8. The molecular formula is C28H33ClN2OS. The fourth-order valence-corrected chi connectivity index (χ4v) is 6.73. The van der Waals surface area contributed by atoms with Crippen LogP contribution in [0.3, 0.4) is 0 Å². The second kappa shape index (κ2) is 10.7. The molecule has 33 heavy (non-hydrogen) atoms. The van der Waals surface area contributed by atoms with Crippen LogP contribution >= 0.6 is 22.9 Å². The monoisotopic (exact) mass is 480 g/mol. The summed E-state index contributed by atoms with van der Waals surface area (Å²) in [6.07, 6.45) is 7.99. The van der Waals surface area contributed by atoms with E-state index in [1.54, 1.807) is 0 Å². The molecule has 1 unspecified atom stereocenters. The summed E-state index contributed by atoms with van der Waals surface area (Å²) in [6.45, 7) is 5.65. The minimum Gasteiger partial charge on any atom is -0.396 e. The van der Waals surface area contributed by atoms with E-state index in [4.69, 9.17) is 11.6 Å². The normalized spacial score (nSPS) is 19.9. The van der Waals surface area contributed by atoms with E-state index in [-0.39, 0.29) is 12.6 Å². The second-order valence-corrected chi connectivity index (χ2v) is 10.9. The van der Waals surface area contributed by atoms with Crippen molar-refractivity contribution in [2.45, 2.75) is 51.2 Å². The van der Waals surface area contributed by atoms with Crippen LogP contribution in [0.4, 0.5) is 0 Å². The van der Waals surface area contributed by atoms with Gasteiger partial charge < -0.3 is 5.11 Å². The van der Waals surface area contributed by atoms with E-state index in [2.05, 4.69) is 64.4 Å². The fraction of sp³-hybridized carbons (Fsp3) is 0.429. The van der Waals surface area contributed by atoms with Gasteiger partial charge in [0.25, 0.3) is 0 Å². The second-order valence-electron chi connectivity index (χ2n) is 9.38. The first-order valence-corrected chi connectivity index (χ1v) is 13.4. The molecule has 1 fully saturated rings. The van der Waals surface area contributed by atoms with Gasteiger partial charge in [-0.2, -0.15) is 0 Å². The Labute approximate surface area is 206 Å². The van der Waals surface area contributed by atoms with Crippen molar-refractivity contribution in [2.24, 2.45) is 0 Å². The van der Waals surface area contributed by atoms with E-state index in [9.17, 15) is 5.11 Å². The summed E-state index contributed by atoms with van der Waals surface area (Å²) in [5.74, 6) is 0. The third-order valence-corrected chi connectivity index (χ3v) is 8.74. The summed E-state index contributed by atoms with van der Waals surface area (Å²) in [5, 5.41) is 11.4. The van der Waals surface area contributed by atoms with Crippen molar-refractivity contribution in [3.63, 3.8) is 0 Å². The number of nitrogens with zero attached hydrogens (tertiary/aromatic N) is 2. The molecule has 5 rings (SSSR count). The van der Waals surface area contributed by atoms with Gasteiger partial charge >= 0.3 is 0 Å². The molecule has 0 amide bonds. The molecule has 3 aromatic rings. The summed E-state index contributed by atoms with van der Waals surface area (Å²) in [4.78, 5) is 6.37. The van der Waals surface area contributed by atoms with E-state index in [0.29, 0.717) is 0 Å². The van der Waals surface area contributed by atoms with Crippen LogP contribution in [0, 0.1) is 0 Å². The number of rotatable bonds is 8. The van der Waals surface area contributed by atoms with Crippen molar-refractivity contribution < 1.29 is 5.11 Å². The highest BCUT2D eigenvalue weighted by Gasteiger charge is 2.25. The summed E-state index contributed by atoms with van der Waals surface area (Å²) in [7, 11) is 0. The van der Waals surface area contributed by atoms with Gasteiger partial charge in [-0.15, -0.1) is 11.3 Å². The van der Waals surface area contributed by atoms with Crippen molar-refractivity contribution in [1.29, 1.82) is 0 Å². The van der Waals surface area contributed by atoms with Crippen LogP contribution in [0.5, 0.6) is 0 Å². The van der Waals surface area contributed by atoms with Crippen molar-refractivity contribution >= 4 is 33.0 Å². The SMILES string of the molecule is OCCCC1=CC(c2ccc(CN3CCCC3)cc2)N(Cc2sc3ccccc3c2Cl)CC1. The minimum absolute atomic E-state index is 0.245. The lowest BCUT2D eigenvalue weighted by Crippen LogP contribution is -2.31. The highest BCUT2D eigenvalue weighted by Crippen LogP contribution is 2.39. The molecule has 1 saturated heterocycles. The molecule has 2 aliphatic rings. The van der Waals surface area contributed by atoms with Crippen LogP contribution < -0.4 is 0 Å².